The van der Waals surface area contributed by atoms with E-state index < -0.39 is 0 Å². The maximum absolute atomic E-state index is 5.26. The molecule has 0 saturated heterocycles. The van der Waals surface area contributed by atoms with E-state index in [0.29, 0.717) is 17.2 Å². The Labute approximate surface area is 123 Å². The van der Waals surface area contributed by atoms with Crippen LogP contribution in [0.3, 0.4) is 0 Å². The van der Waals surface area contributed by atoms with E-state index in [0.717, 1.165) is 10.4 Å². The number of hydrogen-bond donors (Lipinski definition) is 0. The van der Waals surface area contributed by atoms with Crippen LogP contribution in [-0.4, -0.2) is 31.3 Å². The smallest absolute Gasteiger partial charge is 0.198 e. The topological polar surface area (TPSA) is 57.2 Å². The summed E-state index contributed by atoms with van der Waals surface area (Å²) in [4.78, 5) is 8.75. The number of methoxy groups -OCH3 is 1. The molecule has 0 bridgehead atoms. The third kappa shape index (κ3) is 2.32. The number of pyridine rings is 1. The van der Waals surface area contributed by atoms with Gasteiger partial charge in [0.25, 0.3) is 0 Å². The number of halogens is 1. The number of hydrogen-bond acceptors (Lipinski definition) is 4. The molecule has 20 heavy (non-hydrogen) atoms. The third-order valence-corrected chi connectivity index (χ3v) is 3.21. The average molecular weight is 334 g/mol. The Morgan fingerprint density at radius 2 is 2.15 bits per heavy atom. The van der Waals surface area contributed by atoms with Gasteiger partial charge in [-0.05, 0) is 40.2 Å². The van der Waals surface area contributed by atoms with Crippen LogP contribution in [-0.2, 0) is 7.05 Å². The number of fused-ring (bicyclic) bond motifs is 1. The van der Waals surface area contributed by atoms with E-state index in [1.54, 1.807) is 11.6 Å². The minimum absolute atomic E-state index is 0.605. The summed E-state index contributed by atoms with van der Waals surface area (Å²) in [5.74, 6) is 2.12. The van der Waals surface area contributed by atoms with Crippen LogP contribution in [0.1, 0.15) is 11.6 Å². The summed E-state index contributed by atoms with van der Waals surface area (Å²) in [6.07, 6.45) is 7.41. The van der Waals surface area contributed by atoms with Crippen molar-refractivity contribution >= 4 is 33.7 Å². The fourth-order valence-corrected chi connectivity index (χ4v) is 2.36. The maximum Gasteiger partial charge on any atom is 0.198 e. The number of nitrogens with zero attached hydrogens (tertiary/aromatic N) is 5. The van der Waals surface area contributed by atoms with Crippen LogP contribution in [0, 0.1) is 0 Å². The molecule has 3 rings (SSSR count). The number of ether oxygens (including phenoxy) is 1. The van der Waals surface area contributed by atoms with Crippen LogP contribution in [0.25, 0.3) is 17.8 Å². The van der Waals surface area contributed by atoms with Gasteiger partial charge in [0.2, 0.25) is 0 Å². The number of aromatic nitrogens is 5. The third-order valence-electron chi connectivity index (χ3n) is 2.83. The van der Waals surface area contributed by atoms with Crippen molar-refractivity contribution in [1.29, 1.82) is 0 Å². The van der Waals surface area contributed by atoms with Crippen molar-refractivity contribution < 1.29 is 4.74 Å². The summed E-state index contributed by atoms with van der Waals surface area (Å²) < 4.78 is 9.65. The van der Waals surface area contributed by atoms with Crippen molar-refractivity contribution in [3.63, 3.8) is 0 Å². The largest absolute Gasteiger partial charge is 0.493 e. The molecule has 0 atom stereocenters. The molecule has 0 amide bonds. The minimum atomic E-state index is 0.605. The van der Waals surface area contributed by atoms with Crippen molar-refractivity contribution in [2.45, 2.75) is 0 Å². The second-order valence-corrected chi connectivity index (χ2v) is 4.99. The minimum Gasteiger partial charge on any atom is -0.493 e. The highest BCUT2D eigenvalue weighted by molar-refractivity contribution is 9.10. The van der Waals surface area contributed by atoms with E-state index in [2.05, 4.69) is 31.0 Å². The summed E-state index contributed by atoms with van der Waals surface area (Å²) in [5.41, 5.74) is 0.690. The fraction of sp³-hybridized carbons (Fsp3) is 0.154. The molecule has 0 aliphatic rings. The lowest BCUT2D eigenvalue weighted by atomic mass is 10.4. The molecule has 6 nitrogen and oxygen atoms in total. The molecule has 3 aromatic heterocycles. The second kappa shape index (κ2) is 5.09. The van der Waals surface area contributed by atoms with Gasteiger partial charge >= 0.3 is 0 Å². The molecule has 0 aliphatic carbocycles. The Bertz CT molecular complexity index is 789. The zero-order valence-electron chi connectivity index (χ0n) is 11.0. The Morgan fingerprint density at radius 3 is 2.85 bits per heavy atom. The van der Waals surface area contributed by atoms with Gasteiger partial charge in [-0.1, -0.05) is 0 Å². The first-order chi connectivity index (χ1) is 9.67. The molecule has 3 heterocycles. The quantitative estimate of drug-likeness (QED) is 0.738. The van der Waals surface area contributed by atoms with Gasteiger partial charge in [0, 0.05) is 19.4 Å². The van der Waals surface area contributed by atoms with Crippen LogP contribution in [0.15, 0.2) is 29.1 Å². The van der Waals surface area contributed by atoms with Crippen molar-refractivity contribution in [1.82, 2.24) is 24.1 Å². The molecule has 102 valence electrons. The normalized spacial score (nSPS) is 11.6. The van der Waals surface area contributed by atoms with Crippen LogP contribution in [0.4, 0.5) is 0 Å². The van der Waals surface area contributed by atoms with E-state index >= 15 is 0 Å². The lowest BCUT2D eigenvalue weighted by molar-refractivity contribution is 0.416. The molecule has 0 aliphatic heterocycles. The first-order valence-electron chi connectivity index (χ1n) is 5.93. The first-order valence-corrected chi connectivity index (χ1v) is 6.73. The van der Waals surface area contributed by atoms with Gasteiger partial charge in [0.1, 0.15) is 10.4 Å². The predicted molar refractivity (Wildman–Crippen MR) is 79.4 cm³/mol. The van der Waals surface area contributed by atoms with Crippen molar-refractivity contribution in [3.8, 4) is 5.75 Å². The Hall–Kier alpha value is -2.15. The van der Waals surface area contributed by atoms with E-state index in [1.165, 1.54) is 0 Å². The predicted octanol–water partition coefficient (Wildman–Crippen LogP) is 2.40. The maximum atomic E-state index is 5.26. The van der Waals surface area contributed by atoms with Crippen molar-refractivity contribution in [2.75, 3.05) is 7.11 Å². The SMILES string of the molecule is COc1cccn2nc(C=Cc3nc(Br)cn3C)nc12. The summed E-state index contributed by atoms with van der Waals surface area (Å²) in [7, 11) is 3.54. The second-order valence-electron chi connectivity index (χ2n) is 4.18. The highest BCUT2D eigenvalue weighted by Crippen LogP contribution is 2.17. The molecule has 0 N–H and O–H groups in total. The molecular weight excluding hydrogens is 322 g/mol. The highest BCUT2D eigenvalue weighted by atomic mass is 79.9. The van der Waals surface area contributed by atoms with Gasteiger partial charge in [0.15, 0.2) is 17.2 Å². The molecule has 0 unspecified atom stereocenters. The van der Waals surface area contributed by atoms with Crippen LogP contribution < -0.4 is 4.74 Å². The van der Waals surface area contributed by atoms with Gasteiger partial charge in [-0.25, -0.2) is 14.5 Å². The monoisotopic (exact) mass is 333 g/mol. The van der Waals surface area contributed by atoms with Crippen LogP contribution >= 0.6 is 15.9 Å². The van der Waals surface area contributed by atoms with Crippen LogP contribution in [0.2, 0.25) is 0 Å². The zero-order valence-corrected chi connectivity index (χ0v) is 12.6. The molecule has 0 saturated carbocycles. The van der Waals surface area contributed by atoms with Crippen LogP contribution in [0.5, 0.6) is 5.75 Å². The zero-order chi connectivity index (χ0) is 14.1. The van der Waals surface area contributed by atoms with E-state index in [4.69, 9.17) is 4.74 Å². The number of imidazole rings is 1. The Kier molecular flexibility index (Phi) is 3.27. The Morgan fingerprint density at radius 1 is 1.30 bits per heavy atom. The fourth-order valence-electron chi connectivity index (χ4n) is 1.88. The molecule has 0 spiro atoms. The summed E-state index contributed by atoms with van der Waals surface area (Å²) in [6.45, 7) is 0. The highest BCUT2D eigenvalue weighted by Gasteiger charge is 2.06. The molecular formula is C13H12BrN5O. The lowest BCUT2D eigenvalue weighted by Gasteiger charge is -1.98. The molecule has 7 heteroatoms. The average Bonchev–Trinajstić information content (AvgIpc) is 2.98. The Balaban J connectivity index is 1.97. The molecule has 0 radical (unpaired) electrons. The standard InChI is InChI=1S/C13H12BrN5O/c1-18-8-10(14)15-12(18)6-5-11-16-13-9(20-2)4-3-7-19(13)17-11/h3-8H,1-2H3. The van der Waals surface area contributed by atoms with E-state index in [9.17, 15) is 0 Å². The summed E-state index contributed by atoms with van der Waals surface area (Å²) in [5, 5.41) is 4.36. The summed E-state index contributed by atoms with van der Waals surface area (Å²) >= 11 is 3.34. The van der Waals surface area contributed by atoms with Gasteiger partial charge in [-0.15, -0.1) is 5.10 Å². The van der Waals surface area contributed by atoms with Gasteiger partial charge in [-0.3, -0.25) is 0 Å². The van der Waals surface area contributed by atoms with E-state index in [1.807, 2.05) is 48.3 Å². The molecule has 0 aromatic carbocycles. The van der Waals surface area contributed by atoms with Crippen molar-refractivity contribution in [3.05, 3.63) is 40.8 Å². The van der Waals surface area contributed by atoms with Gasteiger partial charge in [0.05, 0.1) is 7.11 Å². The van der Waals surface area contributed by atoms with E-state index in [-0.39, 0.29) is 0 Å². The molecule has 3 aromatic rings. The summed E-state index contributed by atoms with van der Waals surface area (Å²) in [6, 6.07) is 3.72. The molecule has 0 fully saturated rings. The number of rotatable bonds is 3. The number of aryl methyl sites for hydroxylation is 1. The van der Waals surface area contributed by atoms with Crippen molar-refractivity contribution in [2.24, 2.45) is 7.05 Å². The lowest BCUT2D eigenvalue weighted by Crippen LogP contribution is -1.90. The van der Waals surface area contributed by atoms with Gasteiger partial charge < -0.3 is 9.30 Å². The first kappa shape index (κ1) is 12.9. The van der Waals surface area contributed by atoms with Gasteiger partial charge in [-0.2, -0.15) is 0 Å².